The van der Waals surface area contributed by atoms with Crippen molar-refractivity contribution in [3.63, 3.8) is 0 Å². The second kappa shape index (κ2) is 5.26. The third-order valence-corrected chi connectivity index (χ3v) is 3.82. The Morgan fingerprint density at radius 1 is 1.12 bits per heavy atom. The fourth-order valence-corrected chi connectivity index (χ4v) is 2.71. The predicted molar refractivity (Wildman–Crippen MR) is 76.4 cm³/mol. The Kier molecular flexibility index (Phi) is 3.95. The van der Waals surface area contributed by atoms with Gasteiger partial charge in [0.2, 0.25) is 0 Å². The zero-order valence-corrected chi connectivity index (χ0v) is 11.9. The summed E-state index contributed by atoms with van der Waals surface area (Å²) in [6, 6.07) is 14.2. The molecule has 0 N–H and O–H groups in total. The van der Waals surface area contributed by atoms with Gasteiger partial charge in [0.25, 0.3) is 0 Å². The molecule has 0 amide bonds. The van der Waals surface area contributed by atoms with Gasteiger partial charge in [-0.05, 0) is 47.7 Å². The number of rotatable bonds is 2. The van der Waals surface area contributed by atoms with Gasteiger partial charge >= 0.3 is 0 Å². The van der Waals surface area contributed by atoms with Crippen molar-refractivity contribution >= 4 is 39.3 Å². The highest BCUT2D eigenvalue weighted by atomic mass is 79.9. The Morgan fingerprint density at radius 2 is 1.94 bits per heavy atom. The summed E-state index contributed by atoms with van der Waals surface area (Å²) in [6.07, 6.45) is 2.08. The molecule has 0 fully saturated rings. The van der Waals surface area contributed by atoms with Crippen LogP contribution < -0.4 is 0 Å². The molecule has 0 bridgehead atoms. The molecule has 0 radical (unpaired) electrons. The third-order valence-electron chi connectivity index (χ3n) is 2.30. The van der Waals surface area contributed by atoms with Gasteiger partial charge in [-0.15, -0.1) is 11.8 Å². The quantitative estimate of drug-likeness (QED) is 0.660. The van der Waals surface area contributed by atoms with E-state index in [2.05, 4.69) is 46.5 Å². The zero-order chi connectivity index (χ0) is 11.5. The molecule has 2 rings (SSSR count). The Morgan fingerprint density at radius 3 is 2.62 bits per heavy atom. The molecule has 2 aromatic rings. The van der Waals surface area contributed by atoms with E-state index in [4.69, 9.17) is 11.6 Å². The minimum Gasteiger partial charge on any atom is -0.129 e. The van der Waals surface area contributed by atoms with E-state index in [1.54, 1.807) is 11.8 Å². The lowest BCUT2D eigenvalue weighted by atomic mass is 10.1. The topological polar surface area (TPSA) is 0 Å². The molecule has 0 aliphatic heterocycles. The maximum absolute atomic E-state index is 6.01. The average molecular weight is 314 g/mol. The maximum Gasteiger partial charge on any atom is 0.0412 e. The predicted octanol–water partition coefficient (Wildman–Crippen LogP) is 5.49. The molecule has 0 atom stereocenters. The molecule has 3 heteroatoms. The molecule has 0 aliphatic rings. The van der Waals surface area contributed by atoms with Gasteiger partial charge in [0.15, 0.2) is 0 Å². The molecule has 0 aliphatic carbocycles. The molecule has 0 aromatic heterocycles. The smallest absolute Gasteiger partial charge is 0.0412 e. The summed E-state index contributed by atoms with van der Waals surface area (Å²) < 4.78 is 1.08. The Bertz CT molecular complexity index is 511. The van der Waals surface area contributed by atoms with E-state index < -0.39 is 0 Å². The van der Waals surface area contributed by atoms with Crippen molar-refractivity contribution in [2.75, 3.05) is 6.26 Å². The van der Waals surface area contributed by atoms with Gasteiger partial charge in [0.05, 0.1) is 0 Å². The largest absolute Gasteiger partial charge is 0.129 e. The summed E-state index contributed by atoms with van der Waals surface area (Å²) in [6.45, 7) is 0. The number of thioether (sulfide) groups is 1. The van der Waals surface area contributed by atoms with E-state index in [1.807, 2.05) is 18.2 Å². The first-order valence-corrected chi connectivity index (χ1v) is 7.20. The van der Waals surface area contributed by atoms with Crippen molar-refractivity contribution in [2.45, 2.75) is 4.90 Å². The van der Waals surface area contributed by atoms with Crippen molar-refractivity contribution in [3.05, 3.63) is 52.0 Å². The van der Waals surface area contributed by atoms with Crippen molar-refractivity contribution in [2.24, 2.45) is 0 Å². The molecule has 0 saturated heterocycles. The standard InChI is InChI=1S/C13H10BrClS/c1-16-13-6-5-10(14)8-12(13)9-3-2-4-11(15)7-9/h2-8H,1H3. The van der Waals surface area contributed by atoms with Crippen LogP contribution in [0.15, 0.2) is 51.8 Å². The molecular formula is C13H10BrClS. The van der Waals surface area contributed by atoms with Gasteiger partial charge in [-0.25, -0.2) is 0 Å². The summed E-state index contributed by atoms with van der Waals surface area (Å²) >= 11 is 11.3. The minimum atomic E-state index is 0.768. The van der Waals surface area contributed by atoms with E-state index in [0.717, 1.165) is 15.1 Å². The van der Waals surface area contributed by atoms with Crippen LogP contribution in [0.1, 0.15) is 0 Å². The van der Waals surface area contributed by atoms with Gasteiger partial charge < -0.3 is 0 Å². The maximum atomic E-state index is 6.01. The molecule has 0 spiro atoms. The van der Waals surface area contributed by atoms with Gasteiger partial charge in [-0.1, -0.05) is 39.7 Å². The summed E-state index contributed by atoms with van der Waals surface area (Å²) in [5, 5.41) is 0.768. The molecule has 16 heavy (non-hydrogen) atoms. The van der Waals surface area contributed by atoms with Crippen LogP contribution in [0.2, 0.25) is 5.02 Å². The van der Waals surface area contributed by atoms with Crippen LogP contribution in [0.25, 0.3) is 11.1 Å². The van der Waals surface area contributed by atoms with Crippen molar-refractivity contribution < 1.29 is 0 Å². The summed E-state index contributed by atoms with van der Waals surface area (Å²) in [7, 11) is 0. The SMILES string of the molecule is CSc1ccc(Br)cc1-c1cccc(Cl)c1. The molecule has 0 heterocycles. The van der Waals surface area contributed by atoms with E-state index >= 15 is 0 Å². The Hall–Kier alpha value is -0.440. The molecule has 0 nitrogen and oxygen atoms in total. The lowest BCUT2D eigenvalue weighted by Gasteiger charge is -2.08. The monoisotopic (exact) mass is 312 g/mol. The number of hydrogen-bond donors (Lipinski definition) is 0. The first-order chi connectivity index (χ1) is 7.70. The van der Waals surface area contributed by atoms with Gasteiger partial charge in [0.1, 0.15) is 0 Å². The van der Waals surface area contributed by atoms with Gasteiger partial charge in [-0.2, -0.15) is 0 Å². The minimum absolute atomic E-state index is 0.768. The third kappa shape index (κ3) is 2.62. The molecule has 0 unspecified atom stereocenters. The van der Waals surface area contributed by atoms with Crippen molar-refractivity contribution in [3.8, 4) is 11.1 Å². The lowest BCUT2D eigenvalue weighted by Crippen LogP contribution is -1.82. The van der Waals surface area contributed by atoms with E-state index in [9.17, 15) is 0 Å². The number of benzene rings is 2. The zero-order valence-electron chi connectivity index (χ0n) is 8.71. The van der Waals surface area contributed by atoms with Crippen LogP contribution in [0.5, 0.6) is 0 Å². The van der Waals surface area contributed by atoms with Crippen LogP contribution in [-0.4, -0.2) is 6.26 Å². The van der Waals surface area contributed by atoms with E-state index in [1.165, 1.54) is 10.5 Å². The van der Waals surface area contributed by atoms with Crippen LogP contribution in [0.4, 0.5) is 0 Å². The molecular weight excluding hydrogens is 304 g/mol. The van der Waals surface area contributed by atoms with Crippen LogP contribution in [0, 0.1) is 0 Å². The fraction of sp³-hybridized carbons (Fsp3) is 0.0769. The first-order valence-electron chi connectivity index (χ1n) is 4.80. The number of halogens is 2. The normalized spacial score (nSPS) is 10.4. The van der Waals surface area contributed by atoms with E-state index in [0.29, 0.717) is 0 Å². The second-order valence-corrected chi connectivity index (χ2v) is 5.56. The highest BCUT2D eigenvalue weighted by Gasteiger charge is 2.05. The molecule has 0 saturated carbocycles. The highest BCUT2D eigenvalue weighted by Crippen LogP contribution is 2.33. The van der Waals surface area contributed by atoms with Crippen molar-refractivity contribution in [1.82, 2.24) is 0 Å². The van der Waals surface area contributed by atoms with Gasteiger partial charge in [0, 0.05) is 14.4 Å². The second-order valence-electron chi connectivity index (χ2n) is 3.35. The van der Waals surface area contributed by atoms with Crippen molar-refractivity contribution in [1.29, 1.82) is 0 Å². The van der Waals surface area contributed by atoms with Crippen LogP contribution >= 0.6 is 39.3 Å². The Balaban J connectivity index is 2.58. The summed E-state index contributed by atoms with van der Waals surface area (Å²) in [5.41, 5.74) is 2.36. The average Bonchev–Trinajstić information content (AvgIpc) is 2.29. The van der Waals surface area contributed by atoms with E-state index in [-0.39, 0.29) is 0 Å². The number of hydrogen-bond acceptors (Lipinski definition) is 1. The summed E-state index contributed by atoms with van der Waals surface area (Å²) in [4.78, 5) is 1.26. The fourth-order valence-electron chi connectivity index (χ4n) is 1.56. The van der Waals surface area contributed by atoms with Crippen LogP contribution in [0.3, 0.4) is 0 Å². The lowest BCUT2D eigenvalue weighted by molar-refractivity contribution is 1.43. The molecule has 82 valence electrons. The first kappa shape index (κ1) is 12.0. The molecule has 2 aromatic carbocycles. The Labute approximate surface area is 113 Å². The van der Waals surface area contributed by atoms with Crippen LogP contribution in [-0.2, 0) is 0 Å². The van der Waals surface area contributed by atoms with Gasteiger partial charge in [-0.3, -0.25) is 0 Å². The summed E-state index contributed by atoms with van der Waals surface area (Å²) in [5.74, 6) is 0. The highest BCUT2D eigenvalue weighted by molar-refractivity contribution is 9.10.